The van der Waals surface area contributed by atoms with Crippen molar-refractivity contribution in [2.24, 2.45) is 0 Å². The van der Waals surface area contributed by atoms with Crippen LogP contribution >= 0.6 is 0 Å². The summed E-state index contributed by atoms with van der Waals surface area (Å²) in [6.07, 6.45) is 3.46. The Balaban J connectivity index is 2.53. The van der Waals surface area contributed by atoms with Gasteiger partial charge in [0.25, 0.3) is 0 Å². The van der Waals surface area contributed by atoms with Gasteiger partial charge in [0.15, 0.2) is 0 Å². The molecule has 25 heavy (non-hydrogen) atoms. The molecule has 2 rings (SSSR count). The fourth-order valence-electron chi connectivity index (χ4n) is 3.38. The number of phenolic OH excluding ortho intramolecular Hbond substituents is 1. The lowest BCUT2D eigenvalue weighted by Crippen LogP contribution is -2.72. The number of rotatable bonds is 10. The van der Waals surface area contributed by atoms with Crippen LogP contribution in [0.15, 0.2) is 54.6 Å². The van der Waals surface area contributed by atoms with E-state index in [2.05, 4.69) is 55.7 Å². The van der Waals surface area contributed by atoms with Crippen LogP contribution in [0, 0.1) is 0 Å². The molecule has 1 unspecified atom stereocenters. The fourth-order valence-corrected chi connectivity index (χ4v) is 7.55. The van der Waals surface area contributed by atoms with Gasteiger partial charge in [-0.25, -0.2) is 0 Å². The molecule has 0 spiro atoms. The minimum atomic E-state index is -2.53. The summed E-state index contributed by atoms with van der Waals surface area (Å²) in [7, 11) is -2.53. The minimum absolute atomic E-state index is 0.297. The van der Waals surface area contributed by atoms with Gasteiger partial charge >= 0.3 is 8.48 Å². The first-order valence-corrected chi connectivity index (χ1v) is 11.3. The summed E-state index contributed by atoms with van der Waals surface area (Å²) < 4.78 is 9.26. The lowest BCUT2D eigenvalue weighted by molar-refractivity contribution is 0.253. The first kappa shape index (κ1) is 19.7. The molecular formula is C21H31NO2Si. The number of hydrogen-bond acceptors (Lipinski definition) is 3. The van der Waals surface area contributed by atoms with Crippen LogP contribution in [0.2, 0.25) is 0 Å². The lowest BCUT2D eigenvalue weighted by Gasteiger charge is -2.41. The molecule has 0 fully saturated rings. The highest BCUT2D eigenvalue weighted by molar-refractivity contribution is 6.95. The number of unbranched alkanes of at least 4 members (excludes halogenated alkanes) is 2. The van der Waals surface area contributed by atoms with Gasteiger partial charge in [-0.15, -0.1) is 0 Å². The van der Waals surface area contributed by atoms with Gasteiger partial charge < -0.3 is 9.53 Å². The largest absolute Gasteiger partial charge is 0.508 e. The van der Waals surface area contributed by atoms with E-state index >= 15 is 0 Å². The Bertz CT molecular complexity index is 614. The smallest absolute Gasteiger partial charge is 0.338 e. The van der Waals surface area contributed by atoms with E-state index < -0.39 is 8.48 Å². The zero-order valence-corrected chi connectivity index (χ0v) is 16.7. The van der Waals surface area contributed by atoms with Crippen LogP contribution in [-0.2, 0) is 4.43 Å². The molecule has 136 valence electrons. The zero-order valence-electron chi connectivity index (χ0n) is 15.7. The standard InChI is InChI=1S/C21H31NO2Si/c1-4-7-11-18-24-25(22(5-2)6-3,20-12-9-8-10-13-20)21-16-14-19(23)15-17-21/h8-10,12-17,23H,4-7,11,18H2,1-3H3. The molecule has 0 amide bonds. The number of nitrogens with zero attached hydrogens (tertiary/aromatic N) is 1. The normalized spacial score (nSPS) is 13.8. The maximum atomic E-state index is 9.75. The van der Waals surface area contributed by atoms with Gasteiger partial charge in [0.1, 0.15) is 5.75 Å². The van der Waals surface area contributed by atoms with Crippen molar-refractivity contribution in [3.63, 3.8) is 0 Å². The Morgan fingerprint density at radius 2 is 1.44 bits per heavy atom. The summed E-state index contributed by atoms with van der Waals surface area (Å²) in [6, 6.07) is 18.2. The van der Waals surface area contributed by atoms with E-state index in [0.717, 1.165) is 26.1 Å². The second-order valence-electron chi connectivity index (χ2n) is 6.28. The second-order valence-corrected chi connectivity index (χ2v) is 9.65. The maximum Gasteiger partial charge on any atom is 0.338 e. The Labute approximate surface area is 153 Å². The van der Waals surface area contributed by atoms with Crippen molar-refractivity contribution in [2.45, 2.75) is 40.0 Å². The van der Waals surface area contributed by atoms with Crippen LogP contribution in [0.5, 0.6) is 5.75 Å². The van der Waals surface area contributed by atoms with Crippen molar-refractivity contribution in [3.05, 3.63) is 54.6 Å². The van der Waals surface area contributed by atoms with E-state index in [9.17, 15) is 5.11 Å². The third kappa shape index (κ3) is 4.51. The maximum absolute atomic E-state index is 9.75. The van der Waals surface area contributed by atoms with Crippen LogP contribution in [0.3, 0.4) is 0 Å². The third-order valence-electron chi connectivity index (χ3n) is 4.69. The monoisotopic (exact) mass is 357 g/mol. The quantitative estimate of drug-likeness (QED) is 0.522. The van der Waals surface area contributed by atoms with Crippen molar-refractivity contribution >= 4 is 18.9 Å². The second kappa shape index (κ2) is 9.75. The number of hydrogen-bond donors (Lipinski definition) is 1. The van der Waals surface area contributed by atoms with Gasteiger partial charge in [0.05, 0.1) is 0 Å². The molecule has 0 heterocycles. The summed E-state index contributed by atoms with van der Waals surface area (Å²) >= 11 is 0. The average Bonchev–Trinajstić information content (AvgIpc) is 2.66. The highest BCUT2D eigenvalue weighted by Crippen LogP contribution is 2.17. The Morgan fingerprint density at radius 1 is 0.840 bits per heavy atom. The molecule has 0 aliphatic heterocycles. The Morgan fingerprint density at radius 3 is 2.00 bits per heavy atom. The molecule has 0 aliphatic carbocycles. The van der Waals surface area contributed by atoms with E-state index in [1.165, 1.54) is 23.2 Å². The van der Waals surface area contributed by atoms with E-state index in [-0.39, 0.29) is 0 Å². The summed E-state index contributed by atoms with van der Waals surface area (Å²) in [5.41, 5.74) is 0. The van der Waals surface area contributed by atoms with Crippen molar-refractivity contribution in [3.8, 4) is 5.75 Å². The number of benzene rings is 2. The minimum Gasteiger partial charge on any atom is -0.508 e. The Hall–Kier alpha value is -1.62. The van der Waals surface area contributed by atoms with Gasteiger partial charge in [0, 0.05) is 6.61 Å². The van der Waals surface area contributed by atoms with E-state index in [0.29, 0.717) is 5.75 Å². The number of aromatic hydroxyl groups is 1. The van der Waals surface area contributed by atoms with Crippen molar-refractivity contribution < 1.29 is 9.53 Å². The van der Waals surface area contributed by atoms with Crippen molar-refractivity contribution in [2.75, 3.05) is 19.7 Å². The van der Waals surface area contributed by atoms with Crippen molar-refractivity contribution in [1.82, 2.24) is 4.57 Å². The van der Waals surface area contributed by atoms with Crippen LogP contribution in [0.25, 0.3) is 0 Å². The first-order valence-electron chi connectivity index (χ1n) is 9.43. The van der Waals surface area contributed by atoms with Crippen LogP contribution in [-0.4, -0.2) is 37.8 Å². The summed E-state index contributed by atoms with van der Waals surface area (Å²) in [5.74, 6) is 0.297. The molecule has 4 heteroatoms. The molecule has 1 N–H and O–H groups in total. The van der Waals surface area contributed by atoms with Gasteiger partial charge in [-0.05, 0) is 42.0 Å². The highest BCUT2D eigenvalue weighted by atomic mass is 28.4. The molecule has 0 saturated heterocycles. The molecule has 0 bridgehead atoms. The van der Waals surface area contributed by atoms with Crippen LogP contribution in [0.4, 0.5) is 0 Å². The lowest BCUT2D eigenvalue weighted by atomic mass is 10.3. The summed E-state index contributed by atoms with van der Waals surface area (Å²) in [4.78, 5) is 0. The summed E-state index contributed by atoms with van der Waals surface area (Å²) in [5, 5.41) is 12.2. The molecule has 3 nitrogen and oxygen atoms in total. The highest BCUT2D eigenvalue weighted by Gasteiger charge is 2.45. The predicted octanol–water partition coefficient (Wildman–Crippen LogP) is 3.50. The average molecular weight is 358 g/mol. The molecule has 2 aromatic rings. The van der Waals surface area contributed by atoms with E-state index in [1.807, 2.05) is 12.1 Å². The molecule has 0 saturated carbocycles. The fraction of sp³-hybridized carbons (Fsp3) is 0.429. The first-order chi connectivity index (χ1) is 12.2. The molecule has 0 aliphatic rings. The van der Waals surface area contributed by atoms with Crippen LogP contribution in [0.1, 0.15) is 40.0 Å². The van der Waals surface area contributed by atoms with E-state index in [4.69, 9.17) is 4.43 Å². The molecule has 2 aromatic carbocycles. The number of phenols is 1. The topological polar surface area (TPSA) is 32.7 Å². The van der Waals surface area contributed by atoms with Gasteiger partial charge in [-0.3, -0.25) is 4.57 Å². The molecule has 0 radical (unpaired) electrons. The third-order valence-corrected chi connectivity index (χ3v) is 9.07. The van der Waals surface area contributed by atoms with Crippen molar-refractivity contribution in [1.29, 1.82) is 0 Å². The van der Waals surface area contributed by atoms with E-state index in [1.54, 1.807) is 12.1 Å². The van der Waals surface area contributed by atoms with Crippen LogP contribution < -0.4 is 10.4 Å². The molecule has 0 aromatic heterocycles. The Kier molecular flexibility index (Phi) is 7.69. The SMILES string of the molecule is CCCCCO[Si](c1ccccc1)(c1ccc(O)cc1)N(CC)CC. The van der Waals surface area contributed by atoms with Gasteiger partial charge in [0.2, 0.25) is 0 Å². The van der Waals surface area contributed by atoms with Gasteiger partial charge in [-0.1, -0.05) is 76.1 Å². The zero-order chi connectivity index (χ0) is 18.1. The molecular weight excluding hydrogens is 326 g/mol. The summed E-state index contributed by atoms with van der Waals surface area (Å²) in [6.45, 7) is 9.26. The van der Waals surface area contributed by atoms with Gasteiger partial charge in [-0.2, -0.15) is 0 Å². The molecule has 1 atom stereocenters. The predicted molar refractivity (Wildman–Crippen MR) is 108 cm³/mol.